The highest BCUT2D eigenvalue weighted by molar-refractivity contribution is 5.92. The van der Waals surface area contributed by atoms with E-state index in [0.29, 0.717) is 43.9 Å². The molecule has 130 valence electrons. The molecule has 3 rings (SSSR count). The molecule has 1 aromatic rings. The van der Waals surface area contributed by atoms with Crippen molar-refractivity contribution in [1.29, 1.82) is 0 Å². The monoisotopic (exact) mass is 333 g/mol. The lowest BCUT2D eigenvalue weighted by molar-refractivity contribution is -0.183. The zero-order chi connectivity index (χ0) is 17.3. The van der Waals surface area contributed by atoms with Gasteiger partial charge in [0.1, 0.15) is 12.4 Å². The molecule has 0 saturated carbocycles. The minimum Gasteiger partial charge on any atom is -0.363 e. The molecule has 1 spiro atoms. The first-order valence-corrected chi connectivity index (χ1v) is 8.24. The maximum Gasteiger partial charge on any atom is 0.276 e. The molecule has 2 saturated heterocycles. The van der Waals surface area contributed by atoms with Crippen molar-refractivity contribution in [2.75, 3.05) is 26.2 Å². The Morgan fingerprint density at radius 3 is 2.79 bits per heavy atom. The Bertz CT molecular complexity index is 646. The normalized spacial score (nSPS) is 23.6. The molecule has 2 fully saturated rings. The van der Waals surface area contributed by atoms with E-state index in [-0.39, 0.29) is 24.5 Å². The molecule has 0 aromatic carbocycles. The maximum absolute atomic E-state index is 12.5. The van der Waals surface area contributed by atoms with Crippen LogP contribution in [-0.4, -0.2) is 64.7 Å². The summed E-state index contributed by atoms with van der Waals surface area (Å²) in [6, 6.07) is 1.61. The zero-order valence-corrected chi connectivity index (χ0v) is 14.2. The number of likely N-dealkylation sites (tertiary alicyclic amines) is 1. The third-order valence-corrected chi connectivity index (χ3v) is 5.10. The lowest BCUT2D eigenvalue weighted by Crippen LogP contribution is -2.64. The second kappa shape index (κ2) is 6.39. The summed E-state index contributed by atoms with van der Waals surface area (Å²) in [6.45, 7) is 9.26. The van der Waals surface area contributed by atoms with Crippen molar-refractivity contribution in [3.8, 4) is 0 Å². The molecule has 0 unspecified atom stereocenters. The van der Waals surface area contributed by atoms with Crippen molar-refractivity contribution < 1.29 is 18.8 Å². The number of morpholine rings is 1. The number of carbonyl (C=O) groups is 2. The van der Waals surface area contributed by atoms with Crippen LogP contribution in [0.1, 0.15) is 36.0 Å². The minimum atomic E-state index is -0.395. The van der Waals surface area contributed by atoms with Crippen molar-refractivity contribution in [3.63, 3.8) is 0 Å². The second-order valence-corrected chi connectivity index (χ2v) is 6.48. The molecular formula is C17H23N3O4. The number of nitrogens with zero attached hydrogens (tertiary/aromatic N) is 3. The molecule has 2 aliphatic rings. The molecule has 1 atom stereocenters. The van der Waals surface area contributed by atoms with Crippen LogP contribution in [0.25, 0.3) is 0 Å². The first-order chi connectivity index (χ1) is 11.5. The van der Waals surface area contributed by atoms with Crippen molar-refractivity contribution in [2.45, 2.75) is 38.3 Å². The highest BCUT2D eigenvalue weighted by atomic mass is 16.5. The van der Waals surface area contributed by atoms with Crippen LogP contribution in [0.15, 0.2) is 23.2 Å². The van der Waals surface area contributed by atoms with Crippen molar-refractivity contribution in [1.82, 2.24) is 15.0 Å². The molecule has 1 aromatic heterocycles. The van der Waals surface area contributed by atoms with E-state index in [2.05, 4.69) is 11.7 Å². The summed E-state index contributed by atoms with van der Waals surface area (Å²) in [6.07, 6.45) is 3.12. The maximum atomic E-state index is 12.5. The summed E-state index contributed by atoms with van der Waals surface area (Å²) in [7, 11) is 0. The average Bonchev–Trinajstić information content (AvgIpc) is 3.02. The summed E-state index contributed by atoms with van der Waals surface area (Å²) >= 11 is 0. The Balaban J connectivity index is 1.68. The molecule has 24 heavy (non-hydrogen) atoms. The fraction of sp³-hybridized carbons (Fsp3) is 0.588. The van der Waals surface area contributed by atoms with E-state index in [1.807, 2.05) is 11.8 Å². The van der Waals surface area contributed by atoms with Crippen LogP contribution in [0.3, 0.4) is 0 Å². The molecule has 0 N–H and O–H groups in total. The number of aryl methyl sites for hydroxylation is 1. The Morgan fingerprint density at radius 1 is 1.50 bits per heavy atom. The molecular weight excluding hydrogens is 310 g/mol. The Labute approximate surface area is 141 Å². The van der Waals surface area contributed by atoms with Crippen LogP contribution >= 0.6 is 0 Å². The number of carbonyl (C=O) groups excluding carboxylic acids is 2. The van der Waals surface area contributed by atoms with E-state index in [0.717, 1.165) is 0 Å². The fourth-order valence-corrected chi connectivity index (χ4v) is 3.59. The van der Waals surface area contributed by atoms with Gasteiger partial charge in [-0.05, 0) is 26.7 Å². The van der Waals surface area contributed by atoms with Gasteiger partial charge in [-0.25, -0.2) is 0 Å². The molecule has 7 heteroatoms. The molecule has 3 heterocycles. The Hall–Kier alpha value is -2.15. The number of hydrogen-bond acceptors (Lipinski definition) is 5. The van der Waals surface area contributed by atoms with Gasteiger partial charge in [0, 0.05) is 25.7 Å². The van der Waals surface area contributed by atoms with Gasteiger partial charge >= 0.3 is 0 Å². The van der Waals surface area contributed by atoms with Gasteiger partial charge in [-0.3, -0.25) is 9.59 Å². The quantitative estimate of drug-likeness (QED) is 0.782. The molecule has 2 aliphatic heterocycles. The van der Waals surface area contributed by atoms with E-state index in [9.17, 15) is 9.59 Å². The van der Waals surface area contributed by atoms with Gasteiger partial charge in [0.2, 0.25) is 5.91 Å². The van der Waals surface area contributed by atoms with Crippen LogP contribution in [-0.2, 0) is 9.53 Å². The highest BCUT2D eigenvalue weighted by Gasteiger charge is 2.48. The summed E-state index contributed by atoms with van der Waals surface area (Å²) in [5, 5.41) is 3.79. The molecule has 2 amide bonds. The molecule has 0 aliphatic carbocycles. The lowest BCUT2D eigenvalue weighted by atomic mass is 9.82. The number of hydrogen-bond donors (Lipinski definition) is 0. The largest absolute Gasteiger partial charge is 0.363 e. The standard InChI is InChI=1S/C17H23N3O4/c1-4-7-20-13(3)17(23-11-15(20)21)5-8-19(9-6-17)16(22)14-10-12(2)24-18-14/h4,10,13H,1,5-9,11H2,2-3H3/t13-/m0/s1. The van der Waals surface area contributed by atoms with Crippen LogP contribution in [0.4, 0.5) is 0 Å². The van der Waals surface area contributed by atoms with E-state index in [1.165, 1.54) is 0 Å². The Kier molecular flexibility index (Phi) is 4.45. The summed E-state index contributed by atoms with van der Waals surface area (Å²) in [5.74, 6) is 0.489. The number of aromatic nitrogens is 1. The predicted octanol–water partition coefficient (Wildman–Crippen LogP) is 1.39. The van der Waals surface area contributed by atoms with Crippen molar-refractivity contribution in [3.05, 3.63) is 30.2 Å². The van der Waals surface area contributed by atoms with Gasteiger partial charge in [-0.1, -0.05) is 11.2 Å². The van der Waals surface area contributed by atoms with Gasteiger partial charge < -0.3 is 19.1 Å². The van der Waals surface area contributed by atoms with Gasteiger partial charge in [0.15, 0.2) is 5.69 Å². The summed E-state index contributed by atoms with van der Waals surface area (Å²) in [4.78, 5) is 28.1. The number of ether oxygens (including phenoxy) is 1. The van der Waals surface area contributed by atoms with Gasteiger partial charge in [0.25, 0.3) is 5.91 Å². The smallest absolute Gasteiger partial charge is 0.276 e. The first kappa shape index (κ1) is 16.7. The first-order valence-electron chi connectivity index (χ1n) is 8.24. The third-order valence-electron chi connectivity index (χ3n) is 5.10. The van der Waals surface area contributed by atoms with Gasteiger partial charge in [0.05, 0.1) is 11.6 Å². The molecule has 0 bridgehead atoms. The van der Waals surface area contributed by atoms with E-state index >= 15 is 0 Å². The number of amides is 2. The van der Waals surface area contributed by atoms with Gasteiger partial charge in [-0.2, -0.15) is 0 Å². The minimum absolute atomic E-state index is 0.00963. The topological polar surface area (TPSA) is 75.9 Å². The summed E-state index contributed by atoms with van der Waals surface area (Å²) in [5.41, 5.74) is -0.0579. The highest BCUT2D eigenvalue weighted by Crippen LogP contribution is 2.35. The molecule has 0 radical (unpaired) electrons. The van der Waals surface area contributed by atoms with Gasteiger partial charge in [-0.15, -0.1) is 6.58 Å². The van der Waals surface area contributed by atoms with E-state index in [1.54, 1.807) is 24.0 Å². The van der Waals surface area contributed by atoms with Crippen molar-refractivity contribution >= 4 is 11.8 Å². The molecule has 7 nitrogen and oxygen atoms in total. The fourth-order valence-electron chi connectivity index (χ4n) is 3.59. The van der Waals surface area contributed by atoms with Crippen LogP contribution in [0.5, 0.6) is 0 Å². The summed E-state index contributed by atoms with van der Waals surface area (Å²) < 4.78 is 10.9. The number of rotatable bonds is 3. The van der Waals surface area contributed by atoms with Crippen LogP contribution in [0, 0.1) is 6.92 Å². The third kappa shape index (κ3) is 2.84. The van der Waals surface area contributed by atoms with Crippen LogP contribution in [0.2, 0.25) is 0 Å². The Morgan fingerprint density at radius 2 is 2.21 bits per heavy atom. The van der Waals surface area contributed by atoms with E-state index < -0.39 is 5.60 Å². The number of piperidine rings is 1. The average molecular weight is 333 g/mol. The SMILES string of the molecule is C=CCN1C(=O)COC2(CCN(C(=O)c3cc(C)on3)CC2)[C@@H]1C. The second-order valence-electron chi connectivity index (χ2n) is 6.48. The van der Waals surface area contributed by atoms with E-state index in [4.69, 9.17) is 9.26 Å². The predicted molar refractivity (Wildman–Crippen MR) is 86.4 cm³/mol. The van der Waals surface area contributed by atoms with Crippen molar-refractivity contribution in [2.24, 2.45) is 0 Å². The lowest BCUT2D eigenvalue weighted by Gasteiger charge is -2.51. The van der Waals surface area contributed by atoms with Crippen LogP contribution < -0.4 is 0 Å². The zero-order valence-electron chi connectivity index (χ0n) is 14.2.